The normalized spacial score (nSPS) is 20.6. The number of nitrogens with one attached hydrogen (secondary N) is 1. The summed E-state index contributed by atoms with van der Waals surface area (Å²) in [6.45, 7) is 15.6. The molecular formula is C23H39N3O4S. The highest BCUT2D eigenvalue weighted by molar-refractivity contribution is 7.89. The average molecular weight is 454 g/mol. The highest BCUT2D eigenvalue weighted by Crippen LogP contribution is 2.28. The van der Waals surface area contributed by atoms with Crippen molar-refractivity contribution in [1.29, 1.82) is 0 Å². The van der Waals surface area contributed by atoms with E-state index in [2.05, 4.69) is 37.9 Å². The van der Waals surface area contributed by atoms with Crippen molar-refractivity contribution in [3.05, 3.63) is 23.8 Å². The highest BCUT2D eigenvalue weighted by Gasteiger charge is 2.33. The van der Waals surface area contributed by atoms with Crippen LogP contribution in [0.3, 0.4) is 0 Å². The number of rotatable bonds is 9. The van der Waals surface area contributed by atoms with Gasteiger partial charge in [-0.1, -0.05) is 27.7 Å². The minimum absolute atomic E-state index is 0.0973. The fourth-order valence-electron chi connectivity index (χ4n) is 4.40. The molecule has 2 unspecified atom stereocenters. The summed E-state index contributed by atoms with van der Waals surface area (Å²) in [6, 6.07) is 4.45. The lowest BCUT2D eigenvalue weighted by Gasteiger charge is -2.45. The predicted octanol–water partition coefficient (Wildman–Crippen LogP) is 3.21. The van der Waals surface area contributed by atoms with Crippen LogP contribution in [0.2, 0.25) is 0 Å². The van der Waals surface area contributed by atoms with Crippen LogP contribution < -0.4 is 10.1 Å². The van der Waals surface area contributed by atoms with Crippen molar-refractivity contribution in [2.24, 2.45) is 11.8 Å². The van der Waals surface area contributed by atoms with E-state index in [0.29, 0.717) is 37.2 Å². The Hall–Kier alpha value is -1.64. The smallest absolute Gasteiger partial charge is 0.255 e. The molecule has 0 saturated carbocycles. The van der Waals surface area contributed by atoms with Crippen molar-refractivity contribution >= 4 is 15.9 Å². The van der Waals surface area contributed by atoms with Crippen molar-refractivity contribution in [2.45, 2.75) is 58.4 Å². The van der Waals surface area contributed by atoms with E-state index in [1.54, 1.807) is 19.9 Å². The summed E-state index contributed by atoms with van der Waals surface area (Å²) in [5.74, 6) is 1.27. The molecule has 2 rings (SSSR count). The predicted molar refractivity (Wildman–Crippen MR) is 124 cm³/mol. The molecule has 1 aliphatic rings. The number of carbonyl (C=O) groups is 1. The van der Waals surface area contributed by atoms with Gasteiger partial charge in [0.1, 0.15) is 5.75 Å². The van der Waals surface area contributed by atoms with E-state index >= 15 is 0 Å². The van der Waals surface area contributed by atoms with Crippen LogP contribution in [0.15, 0.2) is 23.1 Å². The van der Waals surface area contributed by atoms with Crippen molar-refractivity contribution in [2.75, 3.05) is 39.8 Å². The first-order valence-electron chi connectivity index (χ1n) is 11.2. The number of piperidine rings is 1. The molecule has 0 spiro atoms. The summed E-state index contributed by atoms with van der Waals surface area (Å²) >= 11 is 0. The number of hydrogen-bond donors (Lipinski definition) is 1. The molecule has 1 N–H and O–H groups in total. The van der Waals surface area contributed by atoms with E-state index < -0.39 is 10.0 Å². The number of nitrogens with zero attached hydrogens (tertiary/aromatic N) is 2. The Morgan fingerprint density at radius 3 is 2.29 bits per heavy atom. The molecular weight excluding hydrogens is 414 g/mol. The monoisotopic (exact) mass is 453 g/mol. The molecule has 0 aromatic heterocycles. The summed E-state index contributed by atoms with van der Waals surface area (Å²) in [7, 11) is -2.19. The van der Waals surface area contributed by atoms with E-state index in [-0.39, 0.29) is 21.9 Å². The molecule has 1 fully saturated rings. The van der Waals surface area contributed by atoms with Gasteiger partial charge < -0.3 is 10.1 Å². The second-order valence-electron chi connectivity index (χ2n) is 9.30. The zero-order chi connectivity index (χ0) is 23.4. The largest absolute Gasteiger partial charge is 0.496 e. The lowest BCUT2D eigenvalue weighted by molar-refractivity contribution is 0.0444. The molecule has 1 aromatic rings. The number of hydrogen-bond acceptors (Lipinski definition) is 5. The van der Waals surface area contributed by atoms with Gasteiger partial charge >= 0.3 is 0 Å². The van der Waals surface area contributed by atoms with Crippen LogP contribution in [0, 0.1) is 11.8 Å². The fraction of sp³-hybridized carbons (Fsp3) is 0.696. The third-order valence-electron chi connectivity index (χ3n) is 6.17. The number of amides is 1. The fourth-order valence-corrected chi connectivity index (χ4v) is 5.88. The molecule has 2 atom stereocenters. The molecule has 7 nitrogen and oxygen atoms in total. The van der Waals surface area contributed by atoms with Crippen LogP contribution in [0.1, 0.15) is 58.3 Å². The number of ether oxygens (including phenoxy) is 1. The van der Waals surface area contributed by atoms with Crippen LogP contribution in [0.4, 0.5) is 0 Å². The van der Waals surface area contributed by atoms with Gasteiger partial charge in [0.2, 0.25) is 10.0 Å². The zero-order valence-electron chi connectivity index (χ0n) is 20.1. The molecule has 0 radical (unpaired) electrons. The highest BCUT2D eigenvalue weighted by atomic mass is 32.2. The van der Waals surface area contributed by atoms with Gasteiger partial charge in [-0.15, -0.1) is 0 Å². The minimum atomic E-state index is -3.67. The Morgan fingerprint density at radius 1 is 1.19 bits per heavy atom. The maximum atomic E-state index is 13.1. The molecule has 1 saturated heterocycles. The van der Waals surface area contributed by atoms with Crippen LogP contribution in [0.5, 0.6) is 5.75 Å². The van der Waals surface area contributed by atoms with Gasteiger partial charge in [-0.25, -0.2) is 8.42 Å². The van der Waals surface area contributed by atoms with E-state index in [1.165, 1.54) is 30.0 Å². The first-order valence-corrected chi connectivity index (χ1v) is 12.6. The summed E-state index contributed by atoms with van der Waals surface area (Å²) in [6.07, 6.45) is 1.23. The Balaban J connectivity index is 2.22. The first-order chi connectivity index (χ1) is 14.5. The van der Waals surface area contributed by atoms with Gasteiger partial charge in [0.25, 0.3) is 5.91 Å². The summed E-state index contributed by atoms with van der Waals surface area (Å²) in [4.78, 5) is 15.6. The Kier molecular flexibility index (Phi) is 8.53. The molecule has 176 valence electrons. The van der Waals surface area contributed by atoms with E-state index in [1.807, 2.05) is 0 Å². The van der Waals surface area contributed by atoms with Crippen molar-refractivity contribution in [3.63, 3.8) is 0 Å². The molecule has 0 aliphatic carbocycles. The maximum Gasteiger partial charge on any atom is 0.255 e. The minimum Gasteiger partial charge on any atom is -0.496 e. The topological polar surface area (TPSA) is 78.9 Å². The van der Waals surface area contributed by atoms with E-state index in [9.17, 15) is 13.2 Å². The van der Waals surface area contributed by atoms with Gasteiger partial charge in [-0.3, -0.25) is 9.69 Å². The second-order valence-corrected chi connectivity index (χ2v) is 11.2. The molecule has 1 heterocycles. The lowest BCUT2D eigenvalue weighted by atomic mass is 9.88. The zero-order valence-corrected chi connectivity index (χ0v) is 20.9. The Bertz CT molecular complexity index is 856. The molecule has 1 aromatic carbocycles. The summed E-state index contributed by atoms with van der Waals surface area (Å²) < 4.78 is 32.5. The number of benzene rings is 1. The molecule has 8 heteroatoms. The summed E-state index contributed by atoms with van der Waals surface area (Å²) in [5.41, 5.74) is 0.0171. The Labute approximate surface area is 188 Å². The molecule has 0 bridgehead atoms. The van der Waals surface area contributed by atoms with E-state index in [0.717, 1.165) is 13.1 Å². The van der Waals surface area contributed by atoms with Gasteiger partial charge in [-0.2, -0.15) is 4.31 Å². The van der Waals surface area contributed by atoms with Gasteiger partial charge in [0.15, 0.2) is 0 Å². The molecule has 1 aliphatic heterocycles. The van der Waals surface area contributed by atoms with Crippen molar-refractivity contribution < 1.29 is 17.9 Å². The number of sulfonamides is 1. The number of likely N-dealkylation sites (tertiary alicyclic amines) is 1. The summed E-state index contributed by atoms with van der Waals surface area (Å²) in [5, 5.41) is 3.01. The third-order valence-corrected chi connectivity index (χ3v) is 8.21. The standard InChI is InChI=1S/C23H39N3O4S/c1-8-26(9-2)31(28,29)19-10-11-21(30-7)20(13-19)22(27)24-16-23(5,6)25-14-17(3)12-18(4)15-25/h10-11,13,17-18H,8-9,12,14-16H2,1-7H3,(H,24,27). The van der Waals surface area contributed by atoms with Crippen LogP contribution in [-0.2, 0) is 10.0 Å². The van der Waals surface area contributed by atoms with Crippen LogP contribution in [-0.4, -0.2) is 68.9 Å². The molecule has 31 heavy (non-hydrogen) atoms. The van der Waals surface area contributed by atoms with Gasteiger partial charge in [-0.05, 0) is 50.3 Å². The Morgan fingerprint density at radius 2 is 1.77 bits per heavy atom. The first kappa shape index (κ1) is 25.6. The lowest BCUT2D eigenvalue weighted by Crippen LogP contribution is -2.56. The second kappa shape index (κ2) is 10.3. The number of methoxy groups -OCH3 is 1. The van der Waals surface area contributed by atoms with Crippen LogP contribution in [0.25, 0.3) is 0 Å². The van der Waals surface area contributed by atoms with Crippen molar-refractivity contribution in [1.82, 2.24) is 14.5 Å². The van der Waals surface area contributed by atoms with E-state index in [4.69, 9.17) is 4.74 Å². The van der Waals surface area contributed by atoms with Crippen LogP contribution >= 0.6 is 0 Å². The SMILES string of the molecule is CCN(CC)S(=O)(=O)c1ccc(OC)c(C(=O)NCC(C)(C)N2CC(C)CC(C)C2)c1. The maximum absolute atomic E-state index is 13.1. The third kappa shape index (κ3) is 5.99. The van der Waals surface area contributed by atoms with Gasteiger partial charge in [0, 0.05) is 38.3 Å². The number of carbonyl (C=O) groups excluding carboxylic acids is 1. The van der Waals surface area contributed by atoms with Gasteiger partial charge in [0.05, 0.1) is 17.6 Å². The quantitative estimate of drug-likeness (QED) is 0.621. The average Bonchev–Trinajstić information content (AvgIpc) is 2.71. The molecule has 1 amide bonds. The van der Waals surface area contributed by atoms with Crippen molar-refractivity contribution in [3.8, 4) is 5.75 Å².